The van der Waals surface area contributed by atoms with E-state index < -0.39 is 0 Å². The second kappa shape index (κ2) is 6.12. The van der Waals surface area contributed by atoms with Gasteiger partial charge in [0.05, 0.1) is 5.69 Å². The van der Waals surface area contributed by atoms with E-state index in [4.69, 9.17) is 0 Å². The molecule has 13 heavy (non-hydrogen) atoms. The molecule has 0 amide bonds. The van der Waals surface area contributed by atoms with Crippen LogP contribution in [0.15, 0.2) is 23.8 Å². The summed E-state index contributed by atoms with van der Waals surface area (Å²) in [6.07, 6.45) is 3.46. The first-order valence-electron chi connectivity index (χ1n) is 4.34. The number of pyridine rings is 1. The average Bonchev–Trinajstić information content (AvgIpc) is 2.20. The van der Waals surface area contributed by atoms with E-state index in [0.29, 0.717) is 0 Å². The molecular formula is C11H16N2. The molecule has 2 nitrogen and oxygen atoms in total. The van der Waals surface area contributed by atoms with Crippen LogP contribution < -0.4 is 0 Å². The lowest BCUT2D eigenvalue weighted by atomic mass is 10.2. The van der Waals surface area contributed by atoms with Gasteiger partial charge in [-0.15, -0.1) is 0 Å². The molecule has 0 saturated heterocycles. The van der Waals surface area contributed by atoms with E-state index in [0.717, 1.165) is 16.9 Å². The van der Waals surface area contributed by atoms with Crippen molar-refractivity contribution in [2.75, 3.05) is 0 Å². The zero-order valence-corrected chi connectivity index (χ0v) is 8.54. The van der Waals surface area contributed by atoms with E-state index in [-0.39, 0.29) is 0 Å². The normalized spacial score (nSPS) is 8.23. The van der Waals surface area contributed by atoms with Crippen LogP contribution in [0.4, 0.5) is 5.69 Å². The molecule has 0 aliphatic heterocycles. The Morgan fingerprint density at radius 2 is 2.08 bits per heavy atom. The highest BCUT2D eigenvalue weighted by atomic mass is 14.7. The minimum Gasteiger partial charge on any atom is -0.264 e. The zero-order chi connectivity index (χ0) is 10.3. The maximum absolute atomic E-state index is 4.10. The topological polar surface area (TPSA) is 25.2 Å². The van der Waals surface area contributed by atoms with Crippen molar-refractivity contribution in [1.82, 2.24) is 4.98 Å². The van der Waals surface area contributed by atoms with E-state index in [1.807, 2.05) is 26.8 Å². The van der Waals surface area contributed by atoms with Crippen molar-refractivity contribution in [1.29, 1.82) is 0 Å². The van der Waals surface area contributed by atoms with Gasteiger partial charge in [0.15, 0.2) is 0 Å². The molecule has 0 fully saturated rings. The summed E-state index contributed by atoms with van der Waals surface area (Å²) in [6.45, 7) is 13.0. The molecule has 2 heteroatoms. The van der Waals surface area contributed by atoms with Crippen molar-refractivity contribution in [2.24, 2.45) is 4.99 Å². The molecule has 0 N–H and O–H groups in total. The summed E-state index contributed by atoms with van der Waals surface area (Å²) >= 11 is 0. The van der Waals surface area contributed by atoms with Crippen LogP contribution in [0.1, 0.15) is 25.1 Å². The number of aryl methyl sites for hydroxylation is 1. The Kier molecular flexibility index (Phi) is 5.44. The first kappa shape index (κ1) is 11.6. The molecule has 1 rings (SSSR count). The summed E-state index contributed by atoms with van der Waals surface area (Å²) in [5.41, 5.74) is 2.74. The van der Waals surface area contributed by atoms with Gasteiger partial charge in [-0.25, -0.2) is 0 Å². The van der Waals surface area contributed by atoms with Crippen molar-refractivity contribution >= 4 is 18.5 Å². The van der Waals surface area contributed by atoms with Crippen molar-refractivity contribution in [3.05, 3.63) is 30.1 Å². The average molecular weight is 176 g/mol. The Morgan fingerprint density at radius 3 is 2.46 bits per heavy atom. The van der Waals surface area contributed by atoms with Crippen LogP contribution in [-0.2, 0) is 0 Å². The largest absolute Gasteiger partial charge is 0.264 e. The highest BCUT2D eigenvalue weighted by Gasteiger charge is 1.99. The number of aliphatic imine (C=N–C) groups is 1. The van der Waals surface area contributed by atoms with Crippen LogP contribution in [0.2, 0.25) is 0 Å². The van der Waals surface area contributed by atoms with Gasteiger partial charge in [0.2, 0.25) is 0 Å². The van der Waals surface area contributed by atoms with E-state index in [9.17, 15) is 0 Å². The van der Waals surface area contributed by atoms with E-state index >= 15 is 0 Å². The summed E-state index contributed by atoms with van der Waals surface area (Å²) in [5.74, 6) is 0. The Bertz CT molecular complexity index is 290. The number of hydrogen-bond acceptors (Lipinski definition) is 2. The minimum atomic E-state index is 0.840. The molecule has 0 aliphatic carbocycles. The van der Waals surface area contributed by atoms with Crippen LogP contribution in [0, 0.1) is 6.92 Å². The lowest BCUT2D eigenvalue weighted by Crippen LogP contribution is -1.84. The van der Waals surface area contributed by atoms with Crippen LogP contribution in [0.3, 0.4) is 0 Å². The molecule has 0 unspecified atom stereocenters. The van der Waals surface area contributed by atoms with Gasteiger partial charge in [0.1, 0.15) is 0 Å². The number of hydrogen-bond donors (Lipinski definition) is 0. The zero-order valence-electron chi connectivity index (χ0n) is 8.54. The molecule has 0 atom stereocenters. The van der Waals surface area contributed by atoms with Gasteiger partial charge >= 0.3 is 0 Å². The SMILES string of the molecule is C=Cc1c(N=C)ccnc1C.CC. The standard InChI is InChI=1S/C9H10N2.C2H6/c1-4-8-7(2)11-6-5-9(8)10-3;1-2/h4-6H,1,3H2,2H3;1-2H3. The number of aromatic nitrogens is 1. The van der Waals surface area contributed by atoms with Gasteiger partial charge in [-0.1, -0.05) is 26.5 Å². The molecular weight excluding hydrogens is 160 g/mol. The Labute approximate surface area is 80.1 Å². The molecule has 0 aromatic carbocycles. The smallest absolute Gasteiger partial charge is 0.0728 e. The Balaban J connectivity index is 0.000000671. The molecule has 0 spiro atoms. The van der Waals surface area contributed by atoms with Crippen LogP contribution >= 0.6 is 0 Å². The monoisotopic (exact) mass is 176 g/mol. The fraction of sp³-hybridized carbons (Fsp3) is 0.273. The van der Waals surface area contributed by atoms with Gasteiger partial charge in [-0.05, 0) is 19.7 Å². The maximum atomic E-state index is 4.10. The molecule has 0 bridgehead atoms. The third-order valence-electron chi connectivity index (χ3n) is 1.54. The fourth-order valence-electron chi connectivity index (χ4n) is 0.954. The van der Waals surface area contributed by atoms with Gasteiger partial charge in [-0.3, -0.25) is 9.98 Å². The maximum Gasteiger partial charge on any atom is 0.0728 e. The minimum absolute atomic E-state index is 0.840. The summed E-state index contributed by atoms with van der Waals surface area (Å²) in [4.78, 5) is 7.94. The molecule has 0 aliphatic rings. The second-order valence-corrected chi connectivity index (χ2v) is 2.19. The molecule has 1 aromatic heterocycles. The molecule has 0 saturated carbocycles. The van der Waals surface area contributed by atoms with E-state index in [1.54, 1.807) is 12.3 Å². The van der Waals surface area contributed by atoms with Crippen molar-refractivity contribution in [2.45, 2.75) is 20.8 Å². The van der Waals surface area contributed by atoms with Crippen molar-refractivity contribution < 1.29 is 0 Å². The van der Waals surface area contributed by atoms with Crippen LogP contribution in [0.5, 0.6) is 0 Å². The van der Waals surface area contributed by atoms with E-state index in [2.05, 4.69) is 23.3 Å². The summed E-state index contributed by atoms with van der Waals surface area (Å²) in [5, 5.41) is 0. The summed E-state index contributed by atoms with van der Waals surface area (Å²) in [6, 6.07) is 1.82. The van der Waals surface area contributed by atoms with Gasteiger partial charge in [0.25, 0.3) is 0 Å². The second-order valence-electron chi connectivity index (χ2n) is 2.19. The summed E-state index contributed by atoms with van der Waals surface area (Å²) < 4.78 is 0. The summed E-state index contributed by atoms with van der Waals surface area (Å²) in [7, 11) is 0. The molecule has 70 valence electrons. The predicted octanol–water partition coefficient (Wildman–Crippen LogP) is 3.39. The van der Waals surface area contributed by atoms with Crippen LogP contribution in [0.25, 0.3) is 6.08 Å². The first-order chi connectivity index (χ1) is 6.29. The fourth-order valence-corrected chi connectivity index (χ4v) is 0.954. The lowest BCUT2D eigenvalue weighted by Gasteiger charge is -2.01. The highest BCUT2D eigenvalue weighted by molar-refractivity contribution is 5.65. The predicted molar refractivity (Wildman–Crippen MR) is 59.6 cm³/mol. The third-order valence-corrected chi connectivity index (χ3v) is 1.54. The van der Waals surface area contributed by atoms with Crippen molar-refractivity contribution in [3.63, 3.8) is 0 Å². The molecule has 1 aromatic rings. The third kappa shape index (κ3) is 2.82. The quantitative estimate of drug-likeness (QED) is 0.634. The highest BCUT2D eigenvalue weighted by Crippen LogP contribution is 2.20. The Morgan fingerprint density at radius 1 is 1.46 bits per heavy atom. The molecule has 1 heterocycles. The lowest BCUT2D eigenvalue weighted by molar-refractivity contribution is 1.18. The van der Waals surface area contributed by atoms with Gasteiger partial charge < -0.3 is 0 Å². The van der Waals surface area contributed by atoms with Crippen molar-refractivity contribution in [3.8, 4) is 0 Å². The number of nitrogens with zero attached hydrogens (tertiary/aromatic N) is 2. The van der Waals surface area contributed by atoms with Gasteiger partial charge in [-0.2, -0.15) is 0 Å². The number of rotatable bonds is 2. The van der Waals surface area contributed by atoms with Gasteiger partial charge in [0, 0.05) is 17.5 Å². The van der Waals surface area contributed by atoms with E-state index in [1.165, 1.54) is 0 Å². The Hall–Kier alpha value is -1.44. The van der Waals surface area contributed by atoms with Crippen LogP contribution in [-0.4, -0.2) is 11.7 Å². The molecule has 0 radical (unpaired) electrons. The first-order valence-corrected chi connectivity index (χ1v) is 4.34.